The van der Waals surface area contributed by atoms with Crippen molar-refractivity contribution >= 4 is 29.3 Å². The molecule has 0 aliphatic rings. The van der Waals surface area contributed by atoms with E-state index in [1.807, 2.05) is 6.92 Å². The zero-order valence-electron chi connectivity index (χ0n) is 17.4. The van der Waals surface area contributed by atoms with Gasteiger partial charge in [0.25, 0.3) is 5.89 Å². The number of carbonyl (C=O) groups excluding carboxylic acids is 1. The standard InChI is InChI=1S/C21H19ClFN7O2/c1-11-9-24-21(28-17-6-7-25-30(17)3)29-18(11)16-10-32-20(27-16)19(31)26-12(2)13-4-5-14(22)15(23)8-13/h4-10,12H,1-3H3,(H,26,31)(H,24,28,29)/t12-/m1/s1. The Kier molecular flexibility index (Phi) is 5.87. The van der Waals surface area contributed by atoms with E-state index in [2.05, 4.69) is 30.7 Å². The lowest BCUT2D eigenvalue weighted by molar-refractivity contribution is 0.0904. The van der Waals surface area contributed by atoms with E-state index in [4.69, 9.17) is 16.0 Å². The predicted molar refractivity (Wildman–Crippen MR) is 116 cm³/mol. The fourth-order valence-electron chi connectivity index (χ4n) is 2.98. The summed E-state index contributed by atoms with van der Waals surface area (Å²) in [5.74, 6) is -0.174. The summed E-state index contributed by atoms with van der Waals surface area (Å²) in [6, 6.07) is 5.65. The number of carbonyl (C=O) groups is 1. The number of hydrogen-bond acceptors (Lipinski definition) is 7. The van der Waals surface area contributed by atoms with Gasteiger partial charge in [0, 0.05) is 19.3 Å². The normalized spacial score (nSPS) is 11.9. The first-order chi connectivity index (χ1) is 15.3. The van der Waals surface area contributed by atoms with Crippen molar-refractivity contribution in [1.29, 1.82) is 0 Å². The summed E-state index contributed by atoms with van der Waals surface area (Å²) in [6.45, 7) is 3.55. The highest BCUT2D eigenvalue weighted by Crippen LogP contribution is 2.24. The molecule has 0 fully saturated rings. The van der Waals surface area contributed by atoms with Crippen molar-refractivity contribution in [3.63, 3.8) is 0 Å². The fraction of sp³-hybridized carbons (Fsp3) is 0.190. The molecule has 0 saturated carbocycles. The summed E-state index contributed by atoms with van der Waals surface area (Å²) in [5, 5.41) is 9.90. The van der Waals surface area contributed by atoms with Gasteiger partial charge < -0.3 is 15.1 Å². The van der Waals surface area contributed by atoms with Gasteiger partial charge in [0.1, 0.15) is 29.3 Å². The van der Waals surface area contributed by atoms with Crippen molar-refractivity contribution < 1.29 is 13.6 Å². The third-order valence-electron chi connectivity index (χ3n) is 4.76. The third kappa shape index (κ3) is 4.45. The quantitative estimate of drug-likeness (QED) is 0.448. The number of aryl methyl sites for hydroxylation is 2. The molecule has 0 bridgehead atoms. The number of nitrogens with zero attached hydrogens (tertiary/aromatic N) is 5. The lowest BCUT2D eigenvalue weighted by Crippen LogP contribution is -2.27. The number of nitrogens with one attached hydrogen (secondary N) is 2. The number of hydrogen-bond donors (Lipinski definition) is 2. The highest BCUT2D eigenvalue weighted by molar-refractivity contribution is 6.30. The van der Waals surface area contributed by atoms with Crippen molar-refractivity contribution in [2.24, 2.45) is 7.05 Å². The fourth-order valence-corrected chi connectivity index (χ4v) is 3.10. The Balaban J connectivity index is 1.51. The second kappa shape index (κ2) is 8.75. The highest BCUT2D eigenvalue weighted by Gasteiger charge is 2.20. The molecule has 0 aliphatic heterocycles. The summed E-state index contributed by atoms with van der Waals surface area (Å²) >= 11 is 5.71. The molecule has 0 unspecified atom stereocenters. The molecular weight excluding hydrogens is 437 g/mol. The zero-order chi connectivity index (χ0) is 22.8. The van der Waals surface area contributed by atoms with Gasteiger partial charge in [-0.2, -0.15) is 5.10 Å². The second-order valence-corrected chi connectivity index (χ2v) is 7.50. The van der Waals surface area contributed by atoms with Gasteiger partial charge in [-0.1, -0.05) is 17.7 Å². The average molecular weight is 456 g/mol. The number of benzene rings is 1. The predicted octanol–water partition coefficient (Wildman–Crippen LogP) is 4.20. The molecule has 11 heteroatoms. The van der Waals surface area contributed by atoms with Crippen molar-refractivity contribution in [3.8, 4) is 11.4 Å². The number of aromatic nitrogens is 5. The molecule has 1 amide bonds. The first-order valence-corrected chi connectivity index (χ1v) is 10.00. The Labute approximate surface area is 187 Å². The molecule has 1 aromatic carbocycles. The first kappa shape index (κ1) is 21.4. The summed E-state index contributed by atoms with van der Waals surface area (Å²) in [5.41, 5.74) is 2.21. The van der Waals surface area contributed by atoms with Gasteiger partial charge in [-0.05, 0) is 37.1 Å². The van der Waals surface area contributed by atoms with Gasteiger partial charge >= 0.3 is 5.91 Å². The maximum atomic E-state index is 13.7. The number of anilines is 2. The van der Waals surface area contributed by atoms with Crippen LogP contribution in [0.1, 0.15) is 34.8 Å². The highest BCUT2D eigenvalue weighted by atomic mass is 35.5. The van der Waals surface area contributed by atoms with Crippen LogP contribution < -0.4 is 10.6 Å². The van der Waals surface area contributed by atoms with E-state index < -0.39 is 17.8 Å². The van der Waals surface area contributed by atoms with Gasteiger partial charge in [0.15, 0.2) is 0 Å². The Morgan fingerprint density at radius 3 is 2.81 bits per heavy atom. The van der Waals surface area contributed by atoms with Crippen LogP contribution >= 0.6 is 11.6 Å². The number of amides is 1. The monoisotopic (exact) mass is 455 g/mol. The number of halogens is 2. The Hall–Kier alpha value is -3.79. The Morgan fingerprint density at radius 1 is 1.28 bits per heavy atom. The first-order valence-electron chi connectivity index (χ1n) is 9.62. The van der Waals surface area contributed by atoms with Gasteiger partial charge in [-0.25, -0.2) is 19.3 Å². The van der Waals surface area contributed by atoms with Crippen LogP contribution in [0.25, 0.3) is 11.4 Å². The van der Waals surface area contributed by atoms with Gasteiger partial charge in [-0.15, -0.1) is 0 Å². The van der Waals surface area contributed by atoms with E-state index in [-0.39, 0.29) is 10.9 Å². The van der Waals surface area contributed by atoms with Crippen LogP contribution in [-0.4, -0.2) is 30.6 Å². The van der Waals surface area contributed by atoms with E-state index in [9.17, 15) is 9.18 Å². The Morgan fingerprint density at radius 2 is 2.09 bits per heavy atom. The summed E-state index contributed by atoms with van der Waals surface area (Å²) in [7, 11) is 1.79. The lowest BCUT2D eigenvalue weighted by Gasteiger charge is -2.13. The molecular formula is C21H19ClFN7O2. The van der Waals surface area contributed by atoms with Crippen molar-refractivity contribution in [2.45, 2.75) is 19.9 Å². The van der Waals surface area contributed by atoms with E-state index in [1.54, 1.807) is 43.2 Å². The molecule has 3 heterocycles. The minimum Gasteiger partial charge on any atom is -0.440 e. The van der Waals surface area contributed by atoms with Gasteiger partial charge in [0.05, 0.1) is 17.3 Å². The van der Waals surface area contributed by atoms with Crippen LogP contribution in [0.4, 0.5) is 16.2 Å². The molecule has 0 spiro atoms. The Bertz CT molecular complexity index is 1290. The van der Waals surface area contributed by atoms with Gasteiger partial charge in [-0.3, -0.25) is 9.48 Å². The smallest absolute Gasteiger partial charge is 0.307 e. The zero-order valence-corrected chi connectivity index (χ0v) is 18.2. The average Bonchev–Trinajstić information content (AvgIpc) is 3.41. The van der Waals surface area contributed by atoms with Crippen molar-refractivity contribution in [1.82, 2.24) is 30.0 Å². The topological polar surface area (TPSA) is 111 Å². The molecule has 4 rings (SSSR count). The van der Waals surface area contributed by atoms with E-state index >= 15 is 0 Å². The van der Waals surface area contributed by atoms with Crippen molar-refractivity contribution in [3.05, 3.63) is 70.8 Å². The van der Waals surface area contributed by atoms with E-state index in [0.29, 0.717) is 28.7 Å². The van der Waals surface area contributed by atoms with Crippen LogP contribution in [0, 0.1) is 12.7 Å². The summed E-state index contributed by atoms with van der Waals surface area (Å²) in [4.78, 5) is 25.6. The van der Waals surface area contributed by atoms with E-state index in [0.717, 1.165) is 5.56 Å². The summed E-state index contributed by atoms with van der Waals surface area (Å²) < 4.78 is 20.7. The van der Waals surface area contributed by atoms with E-state index in [1.165, 1.54) is 18.4 Å². The lowest BCUT2D eigenvalue weighted by atomic mass is 10.1. The van der Waals surface area contributed by atoms with Crippen LogP contribution in [0.15, 0.2) is 47.3 Å². The third-order valence-corrected chi connectivity index (χ3v) is 5.07. The second-order valence-electron chi connectivity index (χ2n) is 7.10. The largest absolute Gasteiger partial charge is 0.440 e. The van der Waals surface area contributed by atoms with Crippen molar-refractivity contribution in [2.75, 3.05) is 5.32 Å². The molecule has 0 radical (unpaired) electrons. The molecule has 3 aromatic heterocycles. The van der Waals surface area contributed by atoms with Gasteiger partial charge in [0.2, 0.25) is 5.95 Å². The van der Waals surface area contributed by atoms with Crippen LogP contribution in [0.3, 0.4) is 0 Å². The molecule has 32 heavy (non-hydrogen) atoms. The SMILES string of the molecule is Cc1cnc(Nc2ccnn2C)nc1-c1coc(C(=O)N[C@H](C)c2ccc(Cl)c(F)c2)n1. The minimum absolute atomic E-state index is 0.0158. The van der Waals surface area contributed by atoms with Crippen LogP contribution in [0.5, 0.6) is 0 Å². The summed E-state index contributed by atoms with van der Waals surface area (Å²) in [6.07, 6.45) is 4.65. The minimum atomic E-state index is -0.557. The number of oxazole rings is 1. The molecule has 2 N–H and O–H groups in total. The molecule has 0 aliphatic carbocycles. The molecule has 9 nitrogen and oxygen atoms in total. The van der Waals surface area contributed by atoms with Crippen LogP contribution in [0.2, 0.25) is 5.02 Å². The molecule has 164 valence electrons. The van der Waals surface area contributed by atoms with Crippen LogP contribution in [-0.2, 0) is 7.05 Å². The maximum absolute atomic E-state index is 13.7. The number of rotatable bonds is 6. The maximum Gasteiger partial charge on any atom is 0.307 e. The molecule has 1 atom stereocenters. The molecule has 4 aromatic rings. The molecule has 0 saturated heterocycles.